The molecule has 1 aromatic heterocycles. The van der Waals surface area contributed by atoms with Crippen LogP contribution in [0, 0.1) is 5.92 Å². The summed E-state index contributed by atoms with van der Waals surface area (Å²) in [5, 5.41) is 10.5. The first-order chi connectivity index (χ1) is 6.93. The number of sulfonamides is 1. The fraction of sp³-hybridized carbons (Fsp3) is 0.714. The molecule has 0 aliphatic carbocycles. The van der Waals surface area contributed by atoms with Crippen LogP contribution in [0.15, 0.2) is 5.16 Å². The van der Waals surface area contributed by atoms with Crippen molar-refractivity contribution in [1.82, 2.24) is 15.2 Å². The van der Waals surface area contributed by atoms with Crippen molar-refractivity contribution in [2.45, 2.75) is 18.5 Å². The molecule has 0 aliphatic heterocycles. The highest BCUT2D eigenvalue weighted by Crippen LogP contribution is 2.05. The monoisotopic (exact) mass is 234 g/mol. The van der Waals surface area contributed by atoms with E-state index in [1.54, 1.807) is 7.11 Å². The number of aromatic nitrogens is 3. The predicted octanol–water partition coefficient (Wildman–Crippen LogP) is -0.723. The zero-order chi connectivity index (χ0) is 11.5. The molecule has 1 heterocycles. The van der Waals surface area contributed by atoms with Gasteiger partial charge in [-0.1, -0.05) is 6.92 Å². The minimum absolute atomic E-state index is 0.233. The summed E-state index contributed by atoms with van der Waals surface area (Å²) in [6, 6.07) is 0. The lowest BCUT2D eigenvalue weighted by molar-refractivity contribution is 0.159. The quantitative estimate of drug-likeness (QED) is 0.698. The van der Waals surface area contributed by atoms with Gasteiger partial charge in [0, 0.05) is 20.1 Å². The molecule has 15 heavy (non-hydrogen) atoms. The lowest BCUT2D eigenvalue weighted by Crippen LogP contribution is -2.14. The van der Waals surface area contributed by atoms with E-state index < -0.39 is 10.0 Å². The molecular weight excluding hydrogens is 220 g/mol. The number of H-pyrrole nitrogens is 1. The SMILES string of the molecule is COCC(C)Cc1nc(S(N)(=O)=O)n[nH]1. The third-order valence-electron chi connectivity index (χ3n) is 1.76. The number of nitrogens with one attached hydrogen (secondary N) is 1. The normalized spacial score (nSPS) is 14.1. The van der Waals surface area contributed by atoms with E-state index in [-0.39, 0.29) is 11.1 Å². The van der Waals surface area contributed by atoms with Gasteiger partial charge < -0.3 is 4.74 Å². The molecule has 0 radical (unpaired) electrons. The predicted molar refractivity (Wildman–Crippen MR) is 52.5 cm³/mol. The largest absolute Gasteiger partial charge is 0.384 e. The molecule has 8 heteroatoms. The Labute approximate surface area is 88.1 Å². The minimum Gasteiger partial charge on any atom is -0.384 e. The van der Waals surface area contributed by atoms with Crippen LogP contribution >= 0.6 is 0 Å². The summed E-state index contributed by atoms with van der Waals surface area (Å²) in [6.07, 6.45) is 0.566. The smallest absolute Gasteiger partial charge is 0.282 e. The second-order valence-electron chi connectivity index (χ2n) is 3.37. The Hall–Kier alpha value is -0.990. The van der Waals surface area contributed by atoms with Gasteiger partial charge in [0.1, 0.15) is 5.82 Å². The van der Waals surface area contributed by atoms with Gasteiger partial charge in [-0.15, -0.1) is 5.10 Å². The highest BCUT2D eigenvalue weighted by molar-refractivity contribution is 7.89. The number of methoxy groups -OCH3 is 1. The second-order valence-corrected chi connectivity index (χ2v) is 4.83. The molecule has 7 nitrogen and oxygen atoms in total. The van der Waals surface area contributed by atoms with E-state index in [4.69, 9.17) is 9.88 Å². The lowest BCUT2D eigenvalue weighted by atomic mass is 10.1. The van der Waals surface area contributed by atoms with Crippen molar-refractivity contribution in [1.29, 1.82) is 0 Å². The van der Waals surface area contributed by atoms with Crippen LogP contribution in [0.5, 0.6) is 0 Å². The topological polar surface area (TPSA) is 111 Å². The zero-order valence-electron chi connectivity index (χ0n) is 8.60. The Balaban J connectivity index is 2.69. The van der Waals surface area contributed by atoms with Crippen LogP contribution in [0.4, 0.5) is 0 Å². The highest BCUT2D eigenvalue weighted by atomic mass is 32.2. The maximum atomic E-state index is 10.9. The standard InChI is InChI=1S/C7H14N4O3S/c1-5(4-14-2)3-6-9-7(11-10-6)15(8,12)13/h5H,3-4H2,1-2H3,(H2,8,12,13)(H,9,10,11). The molecule has 0 saturated heterocycles. The van der Waals surface area contributed by atoms with Gasteiger partial charge >= 0.3 is 0 Å². The van der Waals surface area contributed by atoms with Crippen molar-refractivity contribution >= 4 is 10.0 Å². The summed E-state index contributed by atoms with van der Waals surface area (Å²) in [7, 11) is -2.21. The number of rotatable bonds is 5. The highest BCUT2D eigenvalue weighted by Gasteiger charge is 2.15. The van der Waals surface area contributed by atoms with Crippen molar-refractivity contribution in [3.63, 3.8) is 0 Å². The van der Waals surface area contributed by atoms with Gasteiger partial charge in [0.2, 0.25) is 0 Å². The van der Waals surface area contributed by atoms with Gasteiger partial charge in [-0.05, 0) is 5.92 Å². The van der Waals surface area contributed by atoms with Crippen molar-refractivity contribution in [3.8, 4) is 0 Å². The average Bonchev–Trinajstić information content (AvgIpc) is 2.52. The van der Waals surface area contributed by atoms with E-state index in [0.29, 0.717) is 18.9 Å². The lowest BCUT2D eigenvalue weighted by Gasteiger charge is -2.06. The zero-order valence-corrected chi connectivity index (χ0v) is 9.41. The van der Waals surface area contributed by atoms with Gasteiger partial charge in [0.05, 0.1) is 0 Å². The number of ether oxygens (including phenoxy) is 1. The summed E-state index contributed by atoms with van der Waals surface area (Å²) < 4.78 is 26.7. The van der Waals surface area contributed by atoms with E-state index in [0.717, 1.165) is 0 Å². The van der Waals surface area contributed by atoms with Crippen molar-refractivity contribution in [3.05, 3.63) is 5.82 Å². The molecule has 1 aromatic rings. The van der Waals surface area contributed by atoms with Gasteiger partial charge in [0.25, 0.3) is 15.2 Å². The molecule has 86 valence electrons. The van der Waals surface area contributed by atoms with Crippen molar-refractivity contribution in [2.75, 3.05) is 13.7 Å². The fourth-order valence-electron chi connectivity index (χ4n) is 1.17. The third-order valence-corrected chi connectivity index (χ3v) is 2.45. The summed E-state index contributed by atoms with van der Waals surface area (Å²) in [5.74, 6) is 0.722. The number of hydrogen-bond donors (Lipinski definition) is 2. The van der Waals surface area contributed by atoms with Gasteiger partial charge in [-0.3, -0.25) is 5.10 Å². The molecule has 0 aromatic carbocycles. The molecule has 0 saturated carbocycles. The molecule has 0 fully saturated rings. The van der Waals surface area contributed by atoms with Crippen molar-refractivity contribution in [2.24, 2.45) is 11.1 Å². The molecule has 1 unspecified atom stereocenters. The molecule has 3 N–H and O–H groups in total. The number of hydrogen-bond acceptors (Lipinski definition) is 5. The number of primary sulfonamides is 1. The Morgan fingerprint density at radius 3 is 2.73 bits per heavy atom. The molecular formula is C7H14N4O3S. The van der Waals surface area contributed by atoms with Gasteiger partial charge in [-0.2, -0.15) is 0 Å². The Bertz CT molecular complexity index is 414. The minimum atomic E-state index is -3.81. The van der Waals surface area contributed by atoms with Crippen LogP contribution in [-0.4, -0.2) is 37.3 Å². The average molecular weight is 234 g/mol. The number of nitrogens with zero attached hydrogens (tertiary/aromatic N) is 2. The van der Waals surface area contributed by atoms with E-state index in [9.17, 15) is 8.42 Å². The second kappa shape index (κ2) is 4.69. The molecule has 1 rings (SSSR count). The molecule has 0 aliphatic rings. The van der Waals surface area contributed by atoms with Crippen LogP contribution in [0.1, 0.15) is 12.7 Å². The first-order valence-corrected chi connectivity index (χ1v) is 5.91. The van der Waals surface area contributed by atoms with Gasteiger partial charge in [0.15, 0.2) is 0 Å². The maximum absolute atomic E-state index is 10.9. The Morgan fingerprint density at radius 2 is 2.27 bits per heavy atom. The summed E-state index contributed by atoms with van der Waals surface area (Å²) in [5.41, 5.74) is 0. The van der Waals surface area contributed by atoms with Gasteiger partial charge in [-0.25, -0.2) is 18.5 Å². The van der Waals surface area contributed by atoms with Crippen LogP contribution in [0.25, 0.3) is 0 Å². The molecule has 0 spiro atoms. The first-order valence-electron chi connectivity index (χ1n) is 4.36. The van der Waals surface area contributed by atoms with E-state index in [2.05, 4.69) is 15.2 Å². The fourth-order valence-corrected chi connectivity index (χ4v) is 1.58. The van der Waals surface area contributed by atoms with Crippen LogP contribution in [-0.2, 0) is 21.2 Å². The Morgan fingerprint density at radius 1 is 1.60 bits per heavy atom. The van der Waals surface area contributed by atoms with E-state index in [1.807, 2.05) is 6.92 Å². The van der Waals surface area contributed by atoms with Crippen LogP contribution in [0.3, 0.4) is 0 Å². The summed E-state index contributed by atoms with van der Waals surface area (Å²) in [4.78, 5) is 3.77. The van der Waals surface area contributed by atoms with Crippen molar-refractivity contribution < 1.29 is 13.2 Å². The number of nitrogens with two attached hydrogens (primary N) is 1. The number of aromatic amines is 1. The third kappa shape index (κ3) is 3.57. The molecule has 0 bridgehead atoms. The summed E-state index contributed by atoms with van der Waals surface area (Å²) >= 11 is 0. The molecule has 1 atom stereocenters. The maximum Gasteiger partial charge on any atom is 0.282 e. The first kappa shape index (κ1) is 12.1. The Kier molecular flexibility index (Phi) is 3.77. The van der Waals surface area contributed by atoms with Crippen LogP contribution in [0.2, 0.25) is 0 Å². The van der Waals surface area contributed by atoms with Crippen LogP contribution < -0.4 is 5.14 Å². The van der Waals surface area contributed by atoms with E-state index >= 15 is 0 Å². The summed E-state index contributed by atoms with van der Waals surface area (Å²) in [6.45, 7) is 2.54. The molecule has 0 amide bonds. The van der Waals surface area contributed by atoms with E-state index in [1.165, 1.54) is 0 Å².